The highest BCUT2D eigenvalue weighted by Crippen LogP contribution is 2.38. The molecule has 18 heavy (non-hydrogen) atoms. The van der Waals surface area contributed by atoms with E-state index in [1.807, 2.05) is 0 Å². The lowest BCUT2D eigenvalue weighted by molar-refractivity contribution is -0.137. The normalized spacial score (nSPS) is 30.0. The highest BCUT2D eigenvalue weighted by atomic mass is 32.2. The first kappa shape index (κ1) is 13.8. The number of hydrogen-bond donors (Lipinski definition) is 1. The van der Waals surface area contributed by atoms with E-state index < -0.39 is 22.2 Å². The first-order valence-corrected chi connectivity index (χ1v) is 8.10. The van der Waals surface area contributed by atoms with Crippen molar-refractivity contribution in [2.24, 2.45) is 0 Å². The molecule has 0 saturated carbocycles. The maximum atomic E-state index is 11.8. The lowest BCUT2D eigenvalue weighted by atomic mass is 9.87. The van der Waals surface area contributed by atoms with Crippen LogP contribution in [0.4, 0.5) is 0 Å². The van der Waals surface area contributed by atoms with Crippen LogP contribution in [0.2, 0.25) is 0 Å². The number of sulfonamides is 1. The van der Waals surface area contributed by atoms with E-state index in [4.69, 9.17) is 5.11 Å². The summed E-state index contributed by atoms with van der Waals surface area (Å²) in [5.41, 5.74) is -0.434. The third kappa shape index (κ3) is 2.39. The fourth-order valence-corrected chi connectivity index (χ4v) is 4.67. The predicted octanol–water partition coefficient (Wildman–Crippen LogP) is -0.605. The third-order valence-corrected chi connectivity index (χ3v) is 5.35. The van der Waals surface area contributed by atoms with Gasteiger partial charge in [-0.3, -0.25) is 4.79 Å². The molecule has 0 radical (unpaired) electrons. The van der Waals surface area contributed by atoms with E-state index in [1.54, 1.807) is 9.21 Å². The van der Waals surface area contributed by atoms with Crippen LogP contribution in [0.1, 0.15) is 25.7 Å². The van der Waals surface area contributed by atoms with Gasteiger partial charge >= 0.3 is 0 Å². The number of aliphatic hydroxyl groups excluding tert-OH is 1. The molecule has 0 aliphatic carbocycles. The van der Waals surface area contributed by atoms with Gasteiger partial charge in [-0.15, -0.1) is 0 Å². The number of piperidine rings is 1. The van der Waals surface area contributed by atoms with Gasteiger partial charge in [-0.25, -0.2) is 8.42 Å². The molecule has 104 valence electrons. The summed E-state index contributed by atoms with van der Waals surface area (Å²) in [6.07, 6.45) is 4.46. The lowest BCUT2D eigenvalue weighted by Gasteiger charge is -2.44. The quantitative estimate of drug-likeness (QED) is 0.730. The van der Waals surface area contributed by atoms with Gasteiger partial charge < -0.3 is 10.0 Å². The minimum absolute atomic E-state index is 0.311. The molecular formula is C11H20N2O4S. The molecule has 1 amide bonds. The summed E-state index contributed by atoms with van der Waals surface area (Å²) >= 11 is 0. The Bertz CT molecular complexity index is 436. The lowest BCUT2D eigenvalue weighted by Crippen LogP contribution is -2.58. The Labute approximate surface area is 108 Å². The molecule has 1 atom stereocenters. The number of likely N-dealkylation sites (tertiary alicyclic amines) is 1. The highest BCUT2D eigenvalue weighted by molar-refractivity contribution is 7.88. The summed E-state index contributed by atoms with van der Waals surface area (Å²) < 4.78 is 25.2. The Morgan fingerprint density at radius 2 is 1.89 bits per heavy atom. The van der Waals surface area contributed by atoms with Crippen LogP contribution in [0, 0.1) is 0 Å². The van der Waals surface area contributed by atoms with E-state index in [2.05, 4.69) is 0 Å². The van der Waals surface area contributed by atoms with Gasteiger partial charge in [0.2, 0.25) is 15.9 Å². The molecule has 1 N–H and O–H groups in total. The molecule has 6 nitrogen and oxygen atoms in total. The van der Waals surface area contributed by atoms with Crippen LogP contribution in [0.15, 0.2) is 0 Å². The molecular weight excluding hydrogens is 256 g/mol. The van der Waals surface area contributed by atoms with Gasteiger partial charge in [0.05, 0.1) is 11.8 Å². The molecule has 1 spiro atoms. The second-order valence-electron chi connectivity index (χ2n) is 5.24. The van der Waals surface area contributed by atoms with Crippen LogP contribution in [0.5, 0.6) is 0 Å². The average Bonchev–Trinajstić information content (AvgIpc) is 2.71. The standard InChI is InChI=1S/C11H20N2O4S/c1-18(16,17)13-7-3-5-11(13)4-2-6-12(9-11)10(15)8-14/h14H,2-9H2,1H3. The molecule has 7 heteroatoms. The first-order valence-electron chi connectivity index (χ1n) is 6.25. The summed E-state index contributed by atoms with van der Waals surface area (Å²) in [6.45, 7) is 1.06. The number of nitrogens with zero attached hydrogens (tertiary/aromatic N) is 2. The van der Waals surface area contributed by atoms with E-state index in [0.29, 0.717) is 19.6 Å². The van der Waals surface area contributed by atoms with E-state index in [0.717, 1.165) is 25.7 Å². The second kappa shape index (κ2) is 4.79. The van der Waals surface area contributed by atoms with Crippen LogP contribution in [0.25, 0.3) is 0 Å². The zero-order valence-electron chi connectivity index (χ0n) is 10.6. The highest BCUT2D eigenvalue weighted by Gasteiger charge is 2.48. The van der Waals surface area contributed by atoms with Crippen molar-refractivity contribution in [3.8, 4) is 0 Å². The van der Waals surface area contributed by atoms with Crippen molar-refractivity contribution in [3.05, 3.63) is 0 Å². The van der Waals surface area contributed by atoms with E-state index >= 15 is 0 Å². The zero-order valence-corrected chi connectivity index (χ0v) is 11.4. The minimum atomic E-state index is -3.23. The van der Waals surface area contributed by atoms with Gasteiger partial charge in [0.25, 0.3) is 0 Å². The van der Waals surface area contributed by atoms with Crippen molar-refractivity contribution in [2.45, 2.75) is 31.2 Å². The van der Waals surface area contributed by atoms with Crippen molar-refractivity contribution in [1.82, 2.24) is 9.21 Å². The molecule has 1 unspecified atom stereocenters. The Morgan fingerprint density at radius 3 is 2.44 bits per heavy atom. The smallest absolute Gasteiger partial charge is 0.248 e. The average molecular weight is 276 g/mol. The van der Waals surface area contributed by atoms with Gasteiger partial charge in [0, 0.05) is 19.6 Å². The van der Waals surface area contributed by atoms with Crippen molar-refractivity contribution >= 4 is 15.9 Å². The number of aliphatic hydroxyl groups is 1. The zero-order chi connectivity index (χ0) is 13.4. The van der Waals surface area contributed by atoms with E-state index in [9.17, 15) is 13.2 Å². The summed E-state index contributed by atoms with van der Waals surface area (Å²) in [4.78, 5) is 13.2. The largest absolute Gasteiger partial charge is 0.387 e. The number of hydrogen-bond acceptors (Lipinski definition) is 4. The Morgan fingerprint density at radius 1 is 1.28 bits per heavy atom. The molecule has 0 aromatic rings. The van der Waals surface area contributed by atoms with Crippen molar-refractivity contribution in [2.75, 3.05) is 32.5 Å². The fourth-order valence-electron chi connectivity index (χ4n) is 3.26. The minimum Gasteiger partial charge on any atom is -0.387 e. The first-order chi connectivity index (χ1) is 8.39. The van der Waals surface area contributed by atoms with E-state index in [1.165, 1.54) is 6.26 Å². The maximum Gasteiger partial charge on any atom is 0.248 e. The fraction of sp³-hybridized carbons (Fsp3) is 0.909. The van der Waals surface area contributed by atoms with Crippen molar-refractivity contribution < 1.29 is 18.3 Å². The van der Waals surface area contributed by atoms with Crippen LogP contribution in [0.3, 0.4) is 0 Å². The number of rotatable bonds is 2. The van der Waals surface area contributed by atoms with Crippen molar-refractivity contribution in [3.63, 3.8) is 0 Å². The summed E-state index contributed by atoms with van der Waals surface area (Å²) in [5, 5.41) is 8.92. The molecule has 2 rings (SSSR count). The molecule has 0 bridgehead atoms. The van der Waals surface area contributed by atoms with Crippen molar-refractivity contribution in [1.29, 1.82) is 0 Å². The molecule has 0 aromatic heterocycles. The third-order valence-electron chi connectivity index (χ3n) is 3.98. The molecule has 2 aliphatic rings. The van der Waals surface area contributed by atoms with Gasteiger partial charge in [0.1, 0.15) is 6.61 Å². The monoisotopic (exact) mass is 276 g/mol. The number of carbonyl (C=O) groups is 1. The van der Waals surface area contributed by atoms with Crippen LogP contribution in [-0.2, 0) is 14.8 Å². The predicted molar refractivity (Wildman–Crippen MR) is 66.4 cm³/mol. The molecule has 0 aromatic carbocycles. The van der Waals surface area contributed by atoms with Crippen LogP contribution >= 0.6 is 0 Å². The summed E-state index contributed by atoms with van der Waals surface area (Å²) in [7, 11) is -3.23. The van der Waals surface area contributed by atoms with Crippen LogP contribution < -0.4 is 0 Å². The molecule has 2 heterocycles. The number of amides is 1. The SMILES string of the molecule is CS(=O)(=O)N1CCCC12CCCN(C(=O)CO)C2. The second-order valence-corrected chi connectivity index (χ2v) is 7.15. The van der Waals surface area contributed by atoms with Crippen LogP contribution in [-0.4, -0.2) is 66.7 Å². The Kier molecular flexibility index (Phi) is 3.66. The van der Waals surface area contributed by atoms with Gasteiger partial charge in [-0.2, -0.15) is 4.31 Å². The molecule has 2 fully saturated rings. The summed E-state index contributed by atoms with van der Waals surface area (Å²) in [5.74, 6) is -0.311. The summed E-state index contributed by atoms with van der Waals surface area (Å²) in [6, 6.07) is 0. The Balaban J connectivity index is 2.22. The van der Waals surface area contributed by atoms with Gasteiger partial charge in [-0.1, -0.05) is 0 Å². The van der Waals surface area contributed by atoms with Gasteiger partial charge in [0.15, 0.2) is 0 Å². The molecule has 2 aliphatic heterocycles. The Hall–Kier alpha value is -0.660. The maximum absolute atomic E-state index is 11.8. The number of carbonyl (C=O) groups excluding carboxylic acids is 1. The molecule has 2 saturated heterocycles. The van der Waals surface area contributed by atoms with Gasteiger partial charge in [-0.05, 0) is 25.7 Å². The van der Waals surface area contributed by atoms with E-state index in [-0.39, 0.29) is 5.91 Å². The topological polar surface area (TPSA) is 77.9 Å².